The molecule has 0 spiro atoms. The first kappa shape index (κ1) is 14.3. The first-order valence-electron chi connectivity index (χ1n) is 3.67. The van der Waals surface area contributed by atoms with Crippen molar-refractivity contribution in [1.82, 2.24) is 0 Å². The predicted octanol–water partition coefficient (Wildman–Crippen LogP) is 3.42. The molecule has 0 amide bonds. The first-order valence-corrected chi connectivity index (χ1v) is 9.33. The summed E-state index contributed by atoms with van der Waals surface area (Å²) >= 11 is -0.706. The van der Waals surface area contributed by atoms with E-state index < -0.39 is 17.6 Å². The zero-order chi connectivity index (χ0) is 9.78. The Morgan fingerprint density at radius 1 is 0.462 bits per heavy atom. The summed E-state index contributed by atoms with van der Waals surface area (Å²) in [5.41, 5.74) is 0. The Hall–Kier alpha value is 1.32. The molecule has 0 bridgehead atoms. The second-order valence-corrected chi connectivity index (χ2v) is 5.33. The number of halogens is 2. The zero-order valence-electron chi connectivity index (χ0n) is 6.98. The van der Waals surface area contributed by atoms with Crippen molar-refractivity contribution in [2.45, 2.75) is 0 Å². The molecule has 2 fully saturated rings. The van der Waals surface area contributed by atoms with Crippen LogP contribution in [0.15, 0.2) is 0 Å². The van der Waals surface area contributed by atoms with Gasteiger partial charge in [0.05, 0.1) is 0 Å². The van der Waals surface area contributed by atoms with E-state index >= 15 is 0 Å². The van der Waals surface area contributed by atoms with Gasteiger partial charge in [0.1, 0.15) is 0 Å². The van der Waals surface area contributed by atoms with Gasteiger partial charge >= 0.3 is 36.0 Å². The van der Waals surface area contributed by atoms with Crippen LogP contribution in [0.1, 0.15) is 0 Å². The van der Waals surface area contributed by atoms with E-state index in [1.807, 2.05) is 64.2 Å². The summed E-state index contributed by atoms with van der Waals surface area (Å²) in [5, 5.41) is 0. The third kappa shape index (κ3) is 13.3. The van der Waals surface area contributed by atoms with Crippen molar-refractivity contribution >= 4 is 18.4 Å². The molecule has 13 heavy (non-hydrogen) atoms. The SMILES string of the molecule is [CH]1[CH][CH][CH][CH]1.[CH]1[CH][CH][CH][CH]1.[Cl][Nb][Cl]. The molecule has 0 saturated heterocycles. The van der Waals surface area contributed by atoms with Crippen molar-refractivity contribution in [1.29, 1.82) is 0 Å². The topological polar surface area (TPSA) is 0 Å². The molecule has 2 saturated carbocycles. The Labute approximate surface area is 99.7 Å². The fourth-order valence-corrected chi connectivity index (χ4v) is 0.642. The van der Waals surface area contributed by atoms with Crippen LogP contribution in [-0.4, -0.2) is 0 Å². The van der Waals surface area contributed by atoms with Gasteiger partial charge in [-0.15, -0.1) is 0 Å². The van der Waals surface area contributed by atoms with Gasteiger partial charge in [-0.2, -0.15) is 0 Å². The first-order chi connectivity index (χ1) is 6.41. The maximum absolute atomic E-state index is 4.91. The van der Waals surface area contributed by atoms with Crippen LogP contribution >= 0.6 is 18.4 Å². The molecule has 0 atom stereocenters. The third-order valence-corrected chi connectivity index (χ3v) is 1.11. The Morgan fingerprint density at radius 2 is 0.538 bits per heavy atom. The minimum atomic E-state index is -0.706. The van der Waals surface area contributed by atoms with Gasteiger partial charge in [-0.3, -0.25) is 0 Å². The van der Waals surface area contributed by atoms with E-state index in [2.05, 4.69) is 0 Å². The van der Waals surface area contributed by atoms with E-state index in [0.717, 1.165) is 0 Å². The number of hydrogen-bond donors (Lipinski definition) is 0. The molecule has 0 heterocycles. The summed E-state index contributed by atoms with van der Waals surface area (Å²) in [4.78, 5) is 0. The van der Waals surface area contributed by atoms with Crippen LogP contribution in [0.3, 0.4) is 0 Å². The molecule has 0 aliphatic heterocycles. The van der Waals surface area contributed by atoms with E-state index in [1.165, 1.54) is 0 Å². The van der Waals surface area contributed by atoms with Gasteiger partial charge in [0.15, 0.2) is 0 Å². The normalized spacial score (nSPS) is 19.5. The molecule has 2 aliphatic rings. The van der Waals surface area contributed by atoms with Crippen LogP contribution in [0.2, 0.25) is 0 Å². The third-order valence-electron chi connectivity index (χ3n) is 1.11. The van der Waals surface area contributed by atoms with E-state index in [1.54, 1.807) is 0 Å². The minimum absolute atomic E-state index is 0.706. The van der Waals surface area contributed by atoms with Gasteiger partial charge in [-0.1, -0.05) is 0 Å². The van der Waals surface area contributed by atoms with Crippen molar-refractivity contribution in [2.75, 3.05) is 0 Å². The van der Waals surface area contributed by atoms with Crippen LogP contribution in [0, 0.1) is 64.2 Å². The summed E-state index contributed by atoms with van der Waals surface area (Å²) in [6.45, 7) is 0. The molecule has 2 rings (SSSR count). The molecule has 69 valence electrons. The summed E-state index contributed by atoms with van der Waals surface area (Å²) in [6.07, 6.45) is 20.0. The van der Waals surface area contributed by atoms with Crippen LogP contribution in [0.5, 0.6) is 0 Å². The summed E-state index contributed by atoms with van der Waals surface area (Å²) in [7, 11) is 9.83. The van der Waals surface area contributed by atoms with Gasteiger partial charge in [0.25, 0.3) is 0 Å². The van der Waals surface area contributed by atoms with Gasteiger partial charge in [-0.25, -0.2) is 0 Å². The van der Waals surface area contributed by atoms with E-state index in [0.29, 0.717) is 0 Å². The number of hydrogen-bond acceptors (Lipinski definition) is 0. The average molecular weight is 294 g/mol. The Bertz CT molecular complexity index is 55.8. The fourth-order valence-electron chi connectivity index (χ4n) is 0.642. The molecule has 0 N–H and O–H groups in total. The van der Waals surface area contributed by atoms with Crippen LogP contribution in [0.4, 0.5) is 0 Å². The molecule has 0 aromatic rings. The molecule has 3 heteroatoms. The molecular weight excluding hydrogens is 284 g/mol. The maximum atomic E-state index is 4.91. The summed E-state index contributed by atoms with van der Waals surface area (Å²) in [5.74, 6) is 0. The molecule has 2 aliphatic carbocycles. The van der Waals surface area contributed by atoms with Crippen molar-refractivity contribution in [2.24, 2.45) is 0 Å². The van der Waals surface area contributed by atoms with E-state index in [4.69, 9.17) is 18.4 Å². The Kier molecular flexibility index (Phi) is 14.7. The summed E-state index contributed by atoms with van der Waals surface area (Å²) < 4.78 is 0. The average Bonchev–Trinajstić information content (AvgIpc) is 2.85. The molecule has 0 aromatic heterocycles. The molecule has 0 aromatic carbocycles. The van der Waals surface area contributed by atoms with Gasteiger partial charge in [-0.05, 0) is 64.2 Å². The van der Waals surface area contributed by atoms with E-state index in [-0.39, 0.29) is 0 Å². The van der Waals surface area contributed by atoms with Crippen molar-refractivity contribution < 1.29 is 17.6 Å². The second kappa shape index (κ2) is 13.3. The molecule has 10 radical (unpaired) electrons. The van der Waals surface area contributed by atoms with Crippen molar-refractivity contribution in [3.8, 4) is 0 Å². The molecular formula is C10H10Cl2Nb. The molecule has 0 unspecified atom stereocenters. The van der Waals surface area contributed by atoms with Gasteiger partial charge < -0.3 is 0 Å². The van der Waals surface area contributed by atoms with Gasteiger partial charge in [0, 0.05) is 0 Å². The fraction of sp³-hybridized carbons (Fsp3) is 0. The van der Waals surface area contributed by atoms with Gasteiger partial charge in [0.2, 0.25) is 0 Å². The molecule has 0 nitrogen and oxygen atoms in total. The second-order valence-electron chi connectivity index (χ2n) is 1.99. The predicted molar refractivity (Wildman–Crippen MR) is 54.7 cm³/mol. The van der Waals surface area contributed by atoms with Crippen LogP contribution < -0.4 is 0 Å². The van der Waals surface area contributed by atoms with Crippen LogP contribution in [0.25, 0.3) is 0 Å². The van der Waals surface area contributed by atoms with Crippen LogP contribution in [-0.2, 0) is 17.6 Å². The Balaban J connectivity index is 0.000000174. The Morgan fingerprint density at radius 3 is 0.615 bits per heavy atom. The quantitative estimate of drug-likeness (QED) is 0.601. The standard InChI is InChI=1S/2C5H5.2ClH.Nb/c2*1-2-4-5-3-1;;;/h2*1-5H;2*1H;/q;;;;+2/p-2. The number of rotatable bonds is 0. The van der Waals surface area contributed by atoms with E-state index in [9.17, 15) is 0 Å². The van der Waals surface area contributed by atoms with Crippen molar-refractivity contribution in [3.05, 3.63) is 64.2 Å². The zero-order valence-corrected chi connectivity index (χ0v) is 10.7. The summed E-state index contributed by atoms with van der Waals surface area (Å²) in [6, 6.07) is 0. The van der Waals surface area contributed by atoms with Crippen molar-refractivity contribution in [3.63, 3.8) is 0 Å². The monoisotopic (exact) mass is 293 g/mol.